The quantitative estimate of drug-likeness (QED) is 0.458. The second-order valence-electron chi connectivity index (χ2n) is 4.70. The number of nitrogens with one attached hydrogen (secondary N) is 1. The number of methoxy groups -OCH3 is 2. The molecule has 0 radical (unpaired) electrons. The zero-order chi connectivity index (χ0) is 17.7. The van der Waals surface area contributed by atoms with Gasteiger partial charge < -0.3 is 14.2 Å². The lowest BCUT2D eigenvalue weighted by molar-refractivity contribution is -0.734. The molecule has 0 aliphatic rings. The zero-order valence-electron chi connectivity index (χ0n) is 13.9. The minimum atomic E-state index is -0.707. The van der Waals surface area contributed by atoms with E-state index in [9.17, 15) is 9.59 Å². The predicted octanol–water partition coefficient (Wildman–Crippen LogP) is 0.0770. The molecule has 1 heterocycles. The predicted molar refractivity (Wildman–Crippen MR) is 84.7 cm³/mol. The Morgan fingerprint density at radius 3 is 2.67 bits per heavy atom. The Morgan fingerprint density at radius 2 is 2.04 bits per heavy atom. The van der Waals surface area contributed by atoms with Crippen LogP contribution in [-0.2, 0) is 11.8 Å². The van der Waals surface area contributed by atoms with E-state index in [0.29, 0.717) is 17.1 Å². The first-order chi connectivity index (χ1) is 11.5. The van der Waals surface area contributed by atoms with E-state index in [2.05, 4.69) is 10.3 Å². The first-order valence-electron chi connectivity index (χ1n) is 7.16. The molecule has 1 N–H and O–H groups in total. The van der Waals surface area contributed by atoms with Gasteiger partial charge in [0.1, 0.15) is 7.05 Å². The normalized spacial score (nSPS) is 10.8. The number of hydrogen-bond acceptors (Lipinski definition) is 6. The number of ether oxygens (including phenoxy) is 3. The van der Waals surface area contributed by atoms with Gasteiger partial charge in [0.2, 0.25) is 0 Å². The van der Waals surface area contributed by atoms with Crippen LogP contribution in [0.15, 0.2) is 28.1 Å². The van der Waals surface area contributed by atoms with Gasteiger partial charge >= 0.3 is 17.2 Å². The van der Waals surface area contributed by atoms with Crippen molar-refractivity contribution in [1.82, 2.24) is 10.0 Å². The van der Waals surface area contributed by atoms with Gasteiger partial charge in [-0.3, -0.25) is 0 Å². The molecule has 9 heteroatoms. The van der Waals surface area contributed by atoms with Crippen LogP contribution >= 0.6 is 0 Å². The zero-order valence-corrected chi connectivity index (χ0v) is 13.9. The maximum Gasteiger partial charge on any atom is 0.434 e. The first kappa shape index (κ1) is 17.3. The number of aromatic nitrogens is 3. The summed E-state index contributed by atoms with van der Waals surface area (Å²) in [5, 5.41) is 6.67. The lowest BCUT2D eigenvalue weighted by Crippen LogP contribution is -2.39. The Labute approximate surface area is 138 Å². The summed E-state index contributed by atoms with van der Waals surface area (Å²) in [6.07, 6.45) is 1.45. The van der Waals surface area contributed by atoms with E-state index in [-0.39, 0.29) is 12.3 Å². The van der Waals surface area contributed by atoms with Crippen molar-refractivity contribution >= 4 is 12.2 Å². The van der Waals surface area contributed by atoms with Crippen molar-refractivity contribution in [2.45, 2.75) is 6.92 Å². The van der Waals surface area contributed by atoms with E-state index in [1.54, 1.807) is 32.2 Å². The largest absolute Gasteiger partial charge is 0.493 e. The minimum Gasteiger partial charge on any atom is -0.493 e. The van der Waals surface area contributed by atoms with E-state index in [4.69, 9.17) is 14.2 Å². The lowest BCUT2D eigenvalue weighted by atomic mass is 10.2. The highest BCUT2D eigenvalue weighted by Gasteiger charge is 2.27. The van der Waals surface area contributed by atoms with Gasteiger partial charge in [0.25, 0.3) is 0 Å². The first-order valence-corrected chi connectivity index (χ1v) is 7.16. The van der Waals surface area contributed by atoms with E-state index < -0.39 is 11.5 Å². The Hall–Kier alpha value is -3.10. The van der Waals surface area contributed by atoms with Crippen LogP contribution in [0.3, 0.4) is 0 Å². The van der Waals surface area contributed by atoms with Gasteiger partial charge in [-0.1, -0.05) is 10.3 Å². The van der Waals surface area contributed by atoms with Crippen molar-refractivity contribution in [1.29, 1.82) is 0 Å². The summed E-state index contributed by atoms with van der Waals surface area (Å²) in [6.45, 7) is 1.84. The SMILES string of the molecule is CCOC(=O)c1c(=O)n(/N=C/c2ccc(OC)c(OC)c2)[nH][n+]1C. The standard InChI is InChI=1S/C15H18N4O5/c1-5-24-15(21)13-14(20)19(17-18(13)2)16-9-10-6-7-11(22-3)12(8-10)23-4/h6-9H,5H2,1-4H3/p+1/b16-9+. The van der Waals surface area contributed by atoms with Crippen molar-refractivity contribution in [2.24, 2.45) is 12.1 Å². The fraction of sp³-hybridized carbons (Fsp3) is 0.333. The highest BCUT2D eigenvalue weighted by atomic mass is 16.5. The molecule has 128 valence electrons. The van der Waals surface area contributed by atoms with E-state index >= 15 is 0 Å². The molecule has 1 aromatic heterocycles. The third-order valence-corrected chi connectivity index (χ3v) is 3.17. The summed E-state index contributed by atoms with van der Waals surface area (Å²) in [6, 6.07) is 5.19. The van der Waals surface area contributed by atoms with Gasteiger partial charge in [0.15, 0.2) is 11.5 Å². The summed E-state index contributed by atoms with van der Waals surface area (Å²) in [5.41, 5.74) is -0.0523. The van der Waals surface area contributed by atoms with Crippen LogP contribution in [0.2, 0.25) is 0 Å². The molecule has 0 spiro atoms. The number of aryl methyl sites for hydroxylation is 1. The lowest BCUT2D eigenvalue weighted by Gasteiger charge is -2.06. The maximum atomic E-state index is 12.2. The molecule has 0 saturated heterocycles. The van der Waals surface area contributed by atoms with E-state index in [1.807, 2.05) is 0 Å². The highest BCUT2D eigenvalue weighted by molar-refractivity contribution is 5.85. The van der Waals surface area contributed by atoms with E-state index in [0.717, 1.165) is 4.79 Å². The highest BCUT2D eigenvalue weighted by Crippen LogP contribution is 2.26. The van der Waals surface area contributed by atoms with Crippen molar-refractivity contribution in [2.75, 3.05) is 20.8 Å². The molecule has 0 unspecified atom stereocenters. The van der Waals surface area contributed by atoms with Crippen LogP contribution in [0.25, 0.3) is 0 Å². The summed E-state index contributed by atoms with van der Waals surface area (Å²) < 4.78 is 16.5. The van der Waals surface area contributed by atoms with Gasteiger partial charge in [-0.2, -0.15) is 0 Å². The van der Waals surface area contributed by atoms with Crippen LogP contribution < -0.4 is 19.7 Å². The van der Waals surface area contributed by atoms with Crippen molar-refractivity contribution in [3.8, 4) is 11.5 Å². The Bertz CT molecular complexity index is 822. The van der Waals surface area contributed by atoms with E-state index in [1.165, 1.54) is 25.1 Å². The van der Waals surface area contributed by atoms with Crippen molar-refractivity contribution in [3.05, 3.63) is 39.8 Å². The summed E-state index contributed by atoms with van der Waals surface area (Å²) >= 11 is 0. The molecule has 24 heavy (non-hydrogen) atoms. The number of carbonyl (C=O) groups is 1. The second kappa shape index (κ2) is 7.44. The third-order valence-electron chi connectivity index (χ3n) is 3.17. The van der Waals surface area contributed by atoms with Crippen LogP contribution in [0.4, 0.5) is 0 Å². The number of nitrogens with zero attached hydrogens (tertiary/aromatic N) is 3. The van der Waals surface area contributed by atoms with Gasteiger partial charge in [0.05, 0.1) is 27.0 Å². The third kappa shape index (κ3) is 3.45. The Morgan fingerprint density at radius 1 is 1.33 bits per heavy atom. The number of H-pyrrole nitrogens is 1. The monoisotopic (exact) mass is 335 g/mol. The summed E-state index contributed by atoms with van der Waals surface area (Å²) in [7, 11) is 4.59. The molecule has 0 bridgehead atoms. The minimum absolute atomic E-state index is 0.138. The van der Waals surface area contributed by atoms with Crippen LogP contribution in [-0.4, -0.2) is 43.0 Å². The molecule has 1 aromatic carbocycles. The molecule has 0 aliphatic carbocycles. The van der Waals surface area contributed by atoms with Crippen molar-refractivity contribution in [3.63, 3.8) is 0 Å². The Balaban J connectivity index is 2.32. The Kier molecular flexibility index (Phi) is 5.35. The average Bonchev–Trinajstić information content (AvgIpc) is 2.86. The fourth-order valence-corrected chi connectivity index (χ4v) is 2.04. The summed E-state index contributed by atoms with van der Waals surface area (Å²) in [4.78, 5) is 24.9. The molecular weight excluding hydrogens is 316 g/mol. The smallest absolute Gasteiger partial charge is 0.434 e. The number of carbonyl (C=O) groups excluding carboxylic acids is 1. The molecule has 2 aromatic rings. The van der Waals surface area contributed by atoms with Gasteiger partial charge in [-0.25, -0.2) is 9.59 Å². The van der Waals surface area contributed by atoms with Crippen molar-refractivity contribution < 1.29 is 23.7 Å². The molecule has 0 saturated carbocycles. The average molecular weight is 335 g/mol. The fourth-order valence-electron chi connectivity index (χ4n) is 2.04. The molecule has 0 aliphatic heterocycles. The second-order valence-corrected chi connectivity index (χ2v) is 4.70. The summed E-state index contributed by atoms with van der Waals surface area (Å²) in [5.74, 6) is 0.419. The number of hydrogen-bond donors (Lipinski definition) is 1. The van der Waals surface area contributed by atoms with Crippen LogP contribution in [0.1, 0.15) is 23.0 Å². The molecule has 0 atom stereocenters. The topological polar surface area (TPSA) is 98.8 Å². The number of benzene rings is 1. The molecule has 9 nitrogen and oxygen atoms in total. The van der Waals surface area contributed by atoms with Gasteiger partial charge in [0, 0.05) is 10.4 Å². The van der Waals surface area contributed by atoms with Gasteiger partial charge in [-0.05, 0) is 25.1 Å². The molecule has 0 fully saturated rings. The van der Waals surface area contributed by atoms with Crippen LogP contribution in [0.5, 0.6) is 11.5 Å². The molecule has 0 amide bonds. The number of rotatable bonds is 6. The maximum absolute atomic E-state index is 12.2. The van der Waals surface area contributed by atoms with Crippen LogP contribution in [0, 0.1) is 0 Å². The van der Waals surface area contributed by atoms with Gasteiger partial charge in [-0.15, -0.1) is 4.68 Å². The molecule has 2 rings (SSSR count). The number of esters is 1. The molecular formula is C15H19N4O5+. The number of aromatic amines is 1.